The van der Waals surface area contributed by atoms with E-state index in [-0.39, 0.29) is 0 Å². The predicted octanol–water partition coefficient (Wildman–Crippen LogP) is 1.62. The van der Waals surface area contributed by atoms with Crippen LogP contribution in [0.1, 0.15) is 0 Å². The lowest BCUT2D eigenvalue weighted by Crippen LogP contribution is -2.14. The molecule has 0 aliphatic carbocycles. The number of alkyl halides is 2. The van der Waals surface area contributed by atoms with E-state index < -0.39 is 0 Å². The molecule has 0 aromatic heterocycles. The van der Waals surface area contributed by atoms with E-state index in [9.17, 15) is 0 Å². The molecule has 0 heterocycles. The molecule has 3 heteroatoms. The summed E-state index contributed by atoms with van der Waals surface area (Å²) >= 11 is 6.56. The molecular weight excluding hydrogens is 210 g/mol. The van der Waals surface area contributed by atoms with E-state index in [0.29, 0.717) is 3.86 Å². The zero-order valence-electron chi connectivity index (χ0n) is 3.78. The summed E-state index contributed by atoms with van der Waals surface area (Å²) in [5, 5.41) is 0. The molecule has 0 atom stereocenters. The van der Waals surface area contributed by atoms with Crippen LogP contribution < -0.4 is 0 Å². The second kappa shape index (κ2) is 2.99. The minimum Gasteiger partial charge on any atom is -0.288 e. The third-order valence-electron chi connectivity index (χ3n) is 0.390. The fraction of sp³-hybridized carbons (Fsp3) is 1.00. The fourth-order valence-electron chi connectivity index (χ4n) is 0. The van der Waals surface area contributed by atoms with Gasteiger partial charge in [0.15, 0.2) is 0 Å². The first-order valence-electron chi connectivity index (χ1n) is 1.59. The van der Waals surface area contributed by atoms with E-state index in [1.165, 1.54) is 0 Å². The molecule has 0 N–H and O–H groups in total. The highest BCUT2D eigenvalue weighted by Crippen LogP contribution is 2.08. The molecule has 0 amide bonds. The summed E-state index contributed by atoms with van der Waals surface area (Å²) in [5.41, 5.74) is 0. The normalized spacial score (nSPS) is 11.0. The molecule has 0 saturated heterocycles. The van der Waals surface area contributed by atoms with Crippen LogP contribution in [0.4, 0.5) is 0 Å². The number of hydrogen-bond acceptors (Lipinski definition) is 1. The van der Waals surface area contributed by atoms with Crippen LogP contribution in [0.3, 0.4) is 0 Å². The second-order valence-electron chi connectivity index (χ2n) is 1.24. The molecule has 0 rings (SSSR count). The highest BCUT2D eigenvalue weighted by atomic mass is 79.9. The van der Waals surface area contributed by atoms with Crippen LogP contribution in [0.15, 0.2) is 0 Å². The summed E-state index contributed by atoms with van der Waals surface area (Å²) in [5.74, 6) is 0. The average Bonchev–Trinajstić information content (AvgIpc) is 1.36. The Hall–Kier alpha value is 0.920. The highest BCUT2D eigenvalue weighted by molar-refractivity contribution is 9.24. The third kappa shape index (κ3) is 3.12. The van der Waals surface area contributed by atoms with Gasteiger partial charge in [0.25, 0.3) is 0 Å². The molecule has 0 fully saturated rings. The highest BCUT2D eigenvalue weighted by Gasteiger charge is 1.95. The van der Waals surface area contributed by atoms with Crippen molar-refractivity contribution < 1.29 is 0 Å². The van der Waals surface area contributed by atoms with E-state index in [1.807, 2.05) is 19.0 Å². The molecule has 0 aliphatic rings. The number of halogens is 2. The van der Waals surface area contributed by atoms with E-state index in [0.717, 1.165) is 0 Å². The monoisotopic (exact) mass is 215 g/mol. The third-order valence-corrected chi connectivity index (χ3v) is 2.03. The van der Waals surface area contributed by atoms with Crippen LogP contribution in [0, 0.1) is 0 Å². The molecule has 0 aliphatic heterocycles. The number of hydrogen-bond donors (Lipinski definition) is 0. The first-order valence-corrected chi connectivity index (χ1v) is 3.42. The van der Waals surface area contributed by atoms with Gasteiger partial charge in [-0.25, -0.2) is 0 Å². The molecule has 0 spiro atoms. The minimum absolute atomic E-state index is 0.310. The Bertz CT molecular complexity index is 29.8. The Morgan fingerprint density at radius 3 is 1.50 bits per heavy atom. The molecule has 1 nitrogen and oxygen atoms in total. The lowest BCUT2D eigenvalue weighted by molar-refractivity contribution is 0.470. The van der Waals surface area contributed by atoms with Crippen molar-refractivity contribution in [3.8, 4) is 0 Å². The number of rotatable bonds is 1. The SMILES string of the molecule is CN(C)C(Br)Br. The van der Waals surface area contributed by atoms with Crippen molar-refractivity contribution in [1.29, 1.82) is 0 Å². The van der Waals surface area contributed by atoms with Gasteiger partial charge in [-0.2, -0.15) is 0 Å². The van der Waals surface area contributed by atoms with Gasteiger partial charge in [-0.05, 0) is 14.1 Å². The van der Waals surface area contributed by atoms with Gasteiger partial charge >= 0.3 is 0 Å². The van der Waals surface area contributed by atoms with Crippen molar-refractivity contribution in [3.63, 3.8) is 0 Å². The van der Waals surface area contributed by atoms with Crippen molar-refractivity contribution >= 4 is 31.9 Å². The van der Waals surface area contributed by atoms with Gasteiger partial charge in [-0.3, -0.25) is 4.90 Å². The second-order valence-corrected chi connectivity index (χ2v) is 4.20. The largest absolute Gasteiger partial charge is 0.288 e. The Morgan fingerprint density at radius 2 is 1.50 bits per heavy atom. The quantitative estimate of drug-likeness (QED) is 0.476. The van der Waals surface area contributed by atoms with E-state index >= 15 is 0 Å². The maximum absolute atomic E-state index is 3.28. The summed E-state index contributed by atoms with van der Waals surface area (Å²) in [7, 11) is 3.96. The molecule has 0 aromatic rings. The molecule has 0 bridgehead atoms. The van der Waals surface area contributed by atoms with E-state index in [4.69, 9.17) is 0 Å². The topological polar surface area (TPSA) is 3.24 Å². The number of nitrogens with zero attached hydrogens (tertiary/aromatic N) is 1. The van der Waals surface area contributed by atoms with Gasteiger partial charge < -0.3 is 0 Å². The van der Waals surface area contributed by atoms with Gasteiger partial charge in [0.2, 0.25) is 0 Å². The molecule has 38 valence electrons. The summed E-state index contributed by atoms with van der Waals surface area (Å²) < 4.78 is 0.310. The lowest BCUT2D eigenvalue weighted by Gasteiger charge is -2.08. The Balaban J connectivity index is 2.99. The van der Waals surface area contributed by atoms with Crippen LogP contribution in [-0.4, -0.2) is 22.9 Å². The first kappa shape index (κ1) is 6.92. The zero-order chi connectivity index (χ0) is 5.15. The van der Waals surface area contributed by atoms with Gasteiger partial charge in [-0.15, -0.1) is 0 Å². The van der Waals surface area contributed by atoms with Crippen LogP contribution in [0.5, 0.6) is 0 Å². The smallest absolute Gasteiger partial charge is 0.121 e. The Morgan fingerprint density at radius 1 is 1.33 bits per heavy atom. The minimum atomic E-state index is 0.310. The van der Waals surface area contributed by atoms with E-state index in [1.54, 1.807) is 0 Å². The van der Waals surface area contributed by atoms with Crippen LogP contribution in [0.25, 0.3) is 0 Å². The van der Waals surface area contributed by atoms with Crippen molar-refractivity contribution in [1.82, 2.24) is 4.90 Å². The summed E-state index contributed by atoms with van der Waals surface area (Å²) in [6, 6.07) is 0. The van der Waals surface area contributed by atoms with Gasteiger partial charge in [0.1, 0.15) is 3.86 Å². The lowest BCUT2D eigenvalue weighted by atomic mass is 11.0. The van der Waals surface area contributed by atoms with Gasteiger partial charge in [0.05, 0.1) is 0 Å². The van der Waals surface area contributed by atoms with Gasteiger partial charge in [-0.1, -0.05) is 31.9 Å². The molecule has 0 saturated carbocycles. The molecule has 0 aromatic carbocycles. The maximum Gasteiger partial charge on any atom is 0.121 e. The van der Waals surface area contributed by atoms with Crippen LogP contribution in [-0.2, 0) is 0 Å². The van der Waals surface area contributed by atoms with Crippen molar-refractivity contribution in [3.05, 3.63) is 0 Å². The average molecular weight is 217 g/mol. The van der Waals surface area contributed by atoms with Crippen LogP contribution in [0.2, 0.25) is 0 Å². The van der Waals surface area contributed by atoms with Crippen LogP contribution >= 0.6 is 31.9 Å². The van der Waals surface area contributed by atoms with Crippen molar-refractivity contribution in [2.45, 2.75) is 3.86 Å². The van der Waals surface area contributed by atoms with Crippen molar-refractivity contribution in [2.24, 2.45) is 0 Å². The summed E-state index contributed by atoms with van der Waals surface area (Å²) in [4.78, 5) is 2.00. The van der Waals surface area contributed by atoms with E-state index in [2.05, 4.69) is 31.9 Å². The molecule has 6 heavy (non-hydrogen) atoms. The van der Waals surface area contributed by atoms with Crippen molar-refractivity contribution in [2.75, 3.05) is 14.1 Å². The summed E-state index contributed by atoms with van der Waals surface area (Å²) in [6.07, 6.45) is 0. The Labute approximate surface area is 55.0 Å². The molecule has 0 unspecified atom stereocenters. The molecular formula is C3H7Br2N. The van der Waals surface area contributed by atoms with Gasteiger partial charge in [0, 0.05) is 0 Å². The predicted molar refractivity (Wildman–Crippen MR) is 35.3 cm³/mol. The zero-order valence-corrected chi connectivity index (χ0v) is 6.95. The first-order chi connectivity index (χ1) is 2.64. The molecule has 0 radical (unpaired) electrons. The maximum atomic E-state index is 3.28. The summed E-state index contributed by atoms with van der Waals surface area (Å²) in [6.45, 7) is 0. The Kier molecular flexibility index (Phi) is 3.45. The fourth-order valence-corrected chi connectivity index (χ4v) is 0. The standard InChI is InChI=1S/C3H7Br2N/c1-6(2)3(4)5/h3H,1-2H3.